The first-order valence-corrected chi connectivity index (χ1v) is 8.89. The maximum Gasteiger partial charge on any atom is 0.343 e. The van der Waals surface area contributed by atoms with Crippen LogP contribution < -0.4 is 4.74 Å². The van der Waals surface area contributed by atoms with Crippen LogP contribution in [0.2, 0.25) is 10.0 Å². The molecule has 0 aliphatic rings. The first kappa shape index (κ1) is 16.9. The number of ether oxygens (including phenoxy) is 1. The quantitative estimate of drug-likeness (QED) is 0.216. The summed E-state index contributed by atoms with van der Waals surface area (Å²) >= 11 is 12.8. The molecule has 0 aromatic heterocycles. The Bertz CT molecular complexity index is 1170. The van der Waals surface area contributed by atoms with Crippen molar-refractivity contribution in [3.8, 4) is 5.75 Å². The Labute approximate surface area is 160 Å². The summed E-state index contributed by atoms with van der Waals surface area (Å²) in [6.45, 7) is 1.88. The number of carbonyl (C=O) groups excluding carboxylic acids is 1. The van der Waals surface area contributed by atoms with Crippen LogP contribution in [-0.4, -0.2) is 5.97 Å². The maximum atomic E-state index is 12.8. The van der Waals surface area contributed by atoms with Crippen LogP contribution >= 0.6 is 23.2 Å². The molecule has 0 saturated heterocycles. The lowest BCUT2D eigenvalue weighted by atomic mass is 10.0. The molecule has 0 N–H and O–H groups in total. The molecule has 0 fully saturated rings. The van der Waals surface area contributed by atoms with Crippen molar-refractivity contribution in [2.45, 2.75) is 6.92 Å². The van der Waals surface area contributed by atoms with E-state index in [0.29, 0.717) is 26.7 Å². The fourth-order valence-corrected chi connectivity index (χ4v) is 3.62. The van der Waals surface area contributed by atoms with Crippen LogP contribution in [0.5, 0.6) is 5.75 Å². The van der Waals surface area contributed by atoms with Gasteiger partial charge < -0.3 is 4.74 Å². The standard InChI is InChI=1S/C22H14Cl2O2/c1-13-6-2-3-8-15(13)22(25)26-21-16-9-5-10-18(23)17(16)12-14-7-4-11-19(24)20(14)21/h2-12H,1H3. The van der Waals surface area contributed by atoms with E-state index >= 15 is 0 Å². The summed E-state index contributed by atoms with van der Waals surface area (Å²) in [5, 5.41) is 4.25. The average molecular weight is 381 g/mol. The van der Waals surface area contributed by atoms with Gasteiger partial charge in [-0.1, -0.05) is 65.7 Å². The number of hydrogen-bond donors (Lipinski definition) is 0. The highest BCUT2D eigenvalue weighted by molar-refractivity contribution is 6.39. The van der Waals surface area contributed by atoms with Gasteiger partial charge >= 0.3 is 5.97 Å². The Morgan fingerprint density at radius 2 is 1.58 bits per heavy atom. The summed E-state index contributed by atoms with van der Waals surface area (Å²) in [6.07, 6.45) is 0. The number of benzene rings is 4. The molecular weight excluding hydrogens is 367 g/mol. The van der Waals surface area contributed by atoms with E-state index in [-0.39, 0.29) is 0 Å². The highest BCUT2D eigenvalue weighted by Crippen LogP contribution is 2.41. The van der Waals surface area contributed by atoms with Crippen molar-refractivity contribution < 1.29 is 9.53 Å². The predicted octanol–water partition coefficient (Wildman–Crippen LogP) is 6.83. The molecule has 0 unspecified atom stereocenters. The second-order valence-electron chi connectivity index (χ2n) is 6.08. The van der Waals surface area contributed by atoms with Crippen LogP contribution in [0.4, 0.5) is 0 Å². The predicted molar refractivity (Wildman–Crippen MR) is 108 cm³/mol. The Hall–Kier alpha value is -2.55. The molecule has 4 aromatic rings. The molecule has 0 radical (unpaired) electrons. The monoisotopic (exact) mass is 380 g/mol. The smallest absolute Gasteiger partial charge is 0.343 e. The number of fused-ring (bicyclic) bond motifs is 2. The van der Waals surface area contributed by atoms with Crippen molar-refractivity contribution in [2.24, 2.45) is 0 Å². The molecule has 0 heterocycles. The van der Waals surface area contributed by atoms with Gasteiger partial charge in [-0.05, 0) is 42.1 Å². The molecule has 128 valence electrons. The molecule has 4 rings (SSSR count). The molecule has 0 aliphatic heterocycles. The van der Waals surface area contributed by atoms with E-state index in [4.69, 9.17) is 27.9 Å². The SMILES string of the molecule is Cc1ccccc1C(=O)Oc1c2cccc(Cl)c2cc2cccc(Cl)c12. The van der Waals surface area contributed by atoms with Crippen molar-refractivity contribution in [1.29, 1.82) is 0 Å². The third-order valence-corrected chi connectivity index (χ3v) is 5.07. The highest BCUT2D eigenvalue weighted by atomic mass is 35.5. The fourth-order valence-electron chi connectivity index (χ4n) is 3.13. The van der Waals surface area contributed by atoms with E-state index < -0.39 is 5.97 Å². The fraction of sp³-hybridized carbons (Fsp3) is 0.0455. The Kier molecular flexibility index (Phi) is 4.31. The number of hydrogen-bond acceptors (Lipinski definition) is 2. The second-order valence-corrected chi connectivity index (χ2v) is 6.90. The summed E-state index contributed by atoms with van der Waals surface area (Å²) < 4.78 is 5.86. The molecule has 0 atom stereocenters. The van der Waals surface area contributed by atoms with E-state index in [9.17, 15) is 4.79 Å². The summed E-state index contributed by atoms with van der Waals surface area (Å²) in [5.74, 6) is 0.00986. The van der Waals surface area contributed by atoms with E-state index in [1.165, 1.54) is 0 Å². The first-order chi connectivity index (χ1) is 12.6. The highest BCUT2D eigenvalue weighted by Gasteiger charge is 2.18. The van der Waals surface area contributed by atoms with Crippen molar-refractivity contribution >= 4 is 50.7 Å². The molecule has 4 heteroatoms. The van der Waals surface area contributed by atoms with Crippen molar-refractivity contribution in [3.05, 3.63) is 87.9 Å². The summed E-state index contributed by atoms with van der Waals surface area (Å²) in [7, 11) is 0. The van der Waals surface area contributed by atoms with Gasteiger partial charge in [-0.25, -0.2) is 4.79 Å². The van der Waals surface area contributed by atoms with Crippen molar-refractivity contribution in [1.82, 2.24) is 0 Å². The van der Waals surface area contributed by atoms with Gasteiger partial charge in [-0.2, -0.15) is 0 Å². The van der Waals surface area contributed by atoms with Gasteiger partial charge in [0.25, 0.3) is 0 Å². The lowest BCUT2D eigenvalue weighted by molar-refractivity contribution is 0.0738. The Morgan fingerprint density at radius 3 is 2.38 bits per heavy atom. The number of carbonyl (C=O) groups is 1. The summed E-state index contributed by atoms with van der Waals surface area (Å²) in [4.78, 5) is 12.8. The molecule has 26 heavy (non-hydrogen) atoms. The van der Waals surface area contributed by atoms with Gasteiger partial charge in [-0.15, -0.1) is 0 Å². The minimum Gasteiger partial charge on any atom is -0.422 e. The van der Waals surface area contributed by atoms with Gasteiger partial charge in [0.2, 0.25) is 0 Å². The van der Waals surface area contributed by atoms with E-state index in [0.717, 1.165) is 21.7 Å². The second kappa shape index (κ2) is 6.64. The minimum absolute atomic E-state index is 0.420. The molecule has 0 saturated carbocycles. The molecule has 2 nitrogen and oxygen atoms in total. The summed E-state index contributed by atoms with van der Waals surface area (Å²) in [6, 6.07) is 20.4. The number of rotatable bonds is 2. The zero-order valence-electron chi connectivity index (χ0n) is 13.9. The van der Waals surface area contributed by atoms with E-state index in [1.807, 2.05) is 61.5 Å². The summed E-state index contributed by atoms with van der Waals surface area (Å²) in [5.41, 5.74) is 1.37. The minimum atomic E-state index is -0.420. The topological polar surface area (TPSA) is 26.3 Å². The number of halogens is 2. The molecular formula is C22H14Cl2O2. The molecule has 0 aliphatic carbocycles. The third kappa shape index (κ3) is 2.82. The van der Waals surface area contributed by atoms with Gasteiger partial charge in [0.15, 0.2) is 0 Å². The van der Waals surface area contributed by atoms with Gasteiger partial charge in [0.1, 0.15) is 5.75 Å². The van der Waals surface area contributed by atoms with Gasteiger partial charge in [0.05, 0.1) is 10.6 Å². The van der Waals surface area contributed by atoms with Crippen LogP contribution in [0, 0.1) is 6.92 Å². The molecule has 0 bridgehead atoms. The lowest BCUT2D eigenvalue weighted by Gasteiger charge is -2.14. The van der Waals surface area contributed by atoms with Gasteiger partial charge in [-0.3, -0.25) is 0 Å². The number of aryl methyl sites for hydroxylation is 1. The Balaban J connectivity index is 1.99. The van der Waals surface area contributed by atoms with Crippen LogP contribution in [-0.2, 0) is 0 Å². The van der Waals surface area contributed by atoms with Crippen molar-refractivity contribution in [3.63, 3.8) is 0 Å². The van der Waals surface area contributed by atoms with Crippen LogP contribution in [0.3, 0.4) is 0 Å². The third-order valence-electron chi connectivity index (χ3n) is 4.43. The molecule has 0 amide bonds. The molecule has 4 aromatic carbocycles. The lowest BCUT2D eigenvalue weighted by Crippen LogP contribution is -2.10. The zero-order chi connectivity index (χ0) is 18.3. The number of esters is 1. The maximum absolute atomic E-state index is 12.8. The van der Waals surface area contributed by atoms with Crippen LogP contribution in [0.1, 0.15) is 15.9 Å². The van der Waals surface area contributed by atoms with Crippen LogP contribution in [0.25, 0.3) is 21.5 Å². The normalized spacial score (nSPS) is 11.0. The van der Waals surface area contributed by atoms with E-state index in [1.54, 1.807) is 12.1 Å². The molecule has 0 spiro atoms. The van der Waals surface area contributed by atoms with E-state index in [2.05, 4.69) is 0 Å². The Morgan fingerprint density at radius 1 is 0.846 bits per heavy atom. The van der Waals surface area contributed by atoms with Gasteiger partial charge in [0, 0.05) is 21.2 Å². The van der Waals surface area contributed by atoms with Crippen molar-refractivity contribution in [2.75, 3.05) is 0 Å². The average Bonchev–Trinajstić information content (AvgIpc) is 2.63. The first-order valence-electron chi connectivity index (χ1n) is 8.13. The van der Waals surface area contributed by atoms with Crippen LogP contribution in [0.15, 0.2) is 66.7 Å². The largest absolute Gasteiger partial charge is 0.422 e. The zero-order valence-corrected chi connectivity index (χ0v) is 15.4.